The minimum Gasteiger partial charge on any atom is -0.427 e. The number of thiophene rings is 1. The SMILES string of the molecule is CC(=O)Oc1cccc(C(=O)Nc2ccc(CNC(=O)Cc3cccs3)cc2)c1. The molecule has 0 aliphatic rings. The number of nitrogens with one attached hydrogen (secondary N) is 2. The van der Waals surface area contributed by atoms with Crippen LogP contribution in [0.2, 0.25) is 0 Å². The van der Waals surface area contributed by atoms with E-state index < -0.39 is 5.97 Å². The summed E-state index contributed by atoms with van der Waals surface area (Å²) in [5.74, 6) is -0.465. The second-order valence-electron chi connectivity index (χ2n) is 6.31. The van der Waals surface area contributed by atoms with Crippen molar-refractivity contribution in [2.45, 2.75) is 19.9 Å². The lowest BCUT2D eigenvalue weighted by atomic mass is 10.1. The summed E-state index contributed by atoms with van der Waals surface area (Å²) in [4.78, 5) is 36.4. The molecule has 7 heteroatoms. The van der Waals surface area contributed by atoms with Crippen LogP contribution in [0.3, 0.4) is 0 Å². The fourth-order valence-corrected chi connectivity index (χ4v) is 3.31. The van der Waals surface area contributed by atoms with Gasteiger partial charge in [0.05, 0.1) is 6.42 Å². The highest BCUT2D eigenvalue weighted by molar-refractivity contribution is 7.10. The van der Waals surface area contributed by atoms with Crippen molar-refractivity contribution in [2.75, 3.05) is 5.32 Å². The number of ether oxygens (including phenoxy) is 1. The molecular weight excluding hydrogens is 388 g/mol. The molecule has 1 aromatic heterocycles. The largest absolute Gasteiger partial charge is 0.427 e. The molecule has 0 aliphatic carbocycles. The van der Waals surface area contributed by atoms with Crippen LogP contribution in [0.15, 0.2) is 66.0 Å². The zero-order valence-electron chi connectivity index (χ0n) is 15.8. The zero-order valence-corrected chi connectivity index (χ0v) is 16.6. The van der Waals surface area contributed by atoms with Crippen molar-refractivity contribution in [3.05, 3.63) is 82.0 Å². The molecule has 0 radical (unpaired) electrons. The molecule has 0 unspecified atom stereocenters. The maximum absolute atomic E-state index is 12.4. The molecule has 2 N–H and O–H groups in total. The lowest BCUT2D eigenvalue weighted by Gasteiger charge is -2.09. The van der Waals surface area contributed by atoms with Gasteiger partial charge in [0.2, 0.25) is 5.91 Å². The van der Waals surface area contributed by atoms with Crippen molar-refractivity contribution in [3.63, 3.8) is 0 Å². The molecule has 0 aliphatic heterocycles. The smallest absolute Gasteiger partial charge is 0.308 e. The predicted molar refractivity (Wildman–Crippen MR) is 112 cm³/mol. The first-order chi connectivity index (χ1) is 14.0. The van der Waals surface area contributed by atoms with Gasteiger partial charge in [-0.15, -0.1) is 11.3 Å². The number of rotatable bonds is 7. The molecule has 1 heterocycles. The Bertz CT molecular complexity index is 998. The summed E-state index contributed by atoms with van der Waals surface area (Å²) >= 11 is 1.56. The highest BCUT2D eigenvalue weighted by Crippen LogP contribution is 2.16. The van der Waals surface area contributed by atoms with Crippen molar-refractivity contribution in [2.24, 2.45) is 0 Å². The summed E-state index contributed by atoms with van der Waals surface area (Å²) < 4.78 is 5.00. The highest BCUT2D eigenvalue weighted by atomic mass is 32.1. The minimum absolute atomic E-state index is 0.0301. The molecule has 29 heavy (non-hydrogen) atoms. The average molecular weight is 408 g/mol. The van der Waals surface area contributed by atoms with E-state index in [4.69, 9.17) is 4.74 Å². The quantitative estimate of drug-likeness (QED) is 0.460. The number of hydrogen-bond acceptors (Lipinski definition) is 5. The molecule has 0 atom stereocenters. The zero-order chi connectivity index (χ0) is 20.6. The highest BCUT2D eigenvalue weighted by Gasteiger charge is 2.09. The molecule has 2 aromatic carbocycles. The fourth-order valence-electron chi connectivity index (χ4n) is 2.61. The Kier molecular flexibility index (Phi) is 6.76. The Morgan fingerprint density at radius 3 is 2.48 bits per heavy atom. The number of carbonyl (C=O) groups excluding carboxylic acids is 3. The number of hydrogen-bond donors (Lipinski definition) is 2. The van der Waals surface area contributed by atoms with Crippen LogP contribution < -0.4 is 15.4 Å². The van der Waals surface area contributed by atoms with Crippen LogP contribution in [0.25, 0.3) is 0 Å². The third kappa shape index (κ3) is 6.29. The van der Waals surface area contributed by atoms with Gasteiger partial charge in [-0.25, -0.2) is 0 Å². The Labute approximate surface area is 172 Å². The van der Waals surface area contributed by atoms with Gasteiger partial charge in [0.1, 0.15) is 5.75 Å². The van der Waals surface area contributed by atoms with E-state index in [1.807, 2.05) is 29.6 Å². The van der Waals surface area contributed by atoms with Gasteiger partial charge in [-0.05, 0) is 47.3 Å². The van der Waals surface area contributed by atoms with E-state index in [-0.39, 0.29) is 11.8 Å². The van der Waals surface area contributed by atoms with Crippen LogP contribution in [0.1, 0.15) is 27.7 Å². The van der Waals surface area contributed by atoms with Gasteiger partial charge in [-0.2, -0.15) is 0 Å². The fraction of sp³-hybridized carbons (Fsp3) is 0.136. The van der Waals surface area contributed by atoms with E-state index in [1.54, 1.807) is 41.7 Å². The monoisotopic (exact) mass is 408 g/mol. The second kappa shape index (κ2) is 9.66. The van der Waals surface area contributed by atoms with Gasteiger partial charge in [0.25, 0.3) is 5.91 Å². The third-order valence-corrected chi connectivity index (χ3v) is 4.85. The predicted octanol–water partition coefficient (Wildman–Crippen LogP) is 3.78. The Morgan fingerprint density at radius 2 is 1.79 bits per heavy atom. The molecule has 0 saturated carbocycles. The number of benzene rings is 2. The van der Waals surface area contributed by atoms with E-state index >= 15 is 0 Å². The van der Waals surface area contributed by atoms with Crippen LogP contribution in [-0.2, 0) is 22.6 Å². The van der Waals surface area contributed by atoms with Gasteiger partial charge in [-0.1, -0.05) is 24.3 Å². The van der Waals surface area contributed by atoms with Crippen LogP contribution in [0.4, 0.5) is 5.69 Å². The van der Waals surface area contributed by atoms with E-state index in [9.17, 15) is 14.4 Å². The maximum atomic E-state index is 12.4. The van der Waals surface area contributed by atoms with E-state index in [0.29, 0.717) is 30.0 Å². The standard InChI is InChI=1S/C22H20N2O4S/c1-15(25)28-19-5-2-4-17(12-19)22(27)24-18-9-7-16(8-10-18)14-23-21(26)13-20-6-3-11-29-20/h2-12H,13-14H2,1H3,(H,23,26)(H,24,27). The van der Waals surface area contributed by atoms with Crippen LogP contribution >= 0.6 is 11.3 Å². The molecule has 3 aromatic rings. The number of carbonyl (C=O) groups is 3. The first-order valence-electron chi connectivity index (χ1n) is 8.97. The van der Waals surface area contributed by atoms with Crippen molar-refractivity contribution in [1.29, 1.82) is 0 Å². The molecule has 0 spiro atoms. The Balaban J connectivity index is 1.52. The van der Waals surface area contributed by atoms with Crippen LogP contribution in [0, 0.1) is 0 Å². The Morgan fingerprint density at radius 1 is 1.00 bits per heavy atom. The number of amides is 2. The molecule has 6 nitrogen and oxygen atoms in total. The first kappa shape index (κ1) is 20.3. The Hall–Kier alpha value is -3.45. The average Bonchev–Trinajstić information content (AvgIpc) is 3.20. The molecule has 0 bridgehead atoms. The molecule has 0 fully saturated rings. The van der Waals surface area contributed by atoms with Gasteiger partial charge in [-0.3, -0.25) is 14.4 Å². The van der Waals surface area contributed by atoms with Gasteiger partial charge in [0.15, 0.2) is 0 Å². The van der Waals surface area contributed by atoms with Crippen LogP contribution in [-0.4, -0.2) is 17.8 Å². The van der Waals surface area contributed by atoms with Gasteiger partial charge in [0, 0.05) is 29.6 Å². The molecule has 148 valence electrons. The van der Waals surface area contributed by atoms with E-state index in [1.165, 1.54) is 13.0 Å². The van der Waals surface area contributed by atoms with Gasteiger partial charge >= 0.3 is 5.97 Å². The van der Waals surface area contributed by atoms with Crippen molar-refractivity contribution >= 4 is 34.8 Å². The van der Waals surface area contributed by atoms with Crippen molar-refractivity contribution < 1.29 is 19.1 Å². The minimum atomic E-state index is -0.444. The van der Waals surface area contributed by atoms with Crippen molar-refractivity contribution in [1.82, 2.24) is 5.32 Å². The summed E-state index contributed by atoms with van der Waals surface area (Å²) in [7, 11) is 0. The molecule has 2 amide bonds. The maximum Gasteiger partial charge on any atom is 0.308 e. The third-order valence-electron chi connectivity index (χ3n) is 3.97. The summed E-state index contributed by atoms with van der Waals surface area (Å²) in [6, 6.07) is 17.5. The van der Waals surface area contributed by atoms with Crippen molar-refractivity contribution in [3.8, 4) is 5.75 Å². The topological polar surface area (TPSA) is 84.5 Å². The summed E-state index contributed by atoms with van der Waals surface area (Å²) in [6.45, 7) is 1.72. The lowest BCUT2D eigenvalue weighted by molar-refractivity contribution is -0.131. The van der Waals surface area contributed by atoms with Gasteiger partial charge < -0.3 is 15.4 Å². The van der Waals surface area contributed by atoms with Crippen LogP contribution in [0.5, 0.6) is 5.75 Å². The molecule has 0 saturated heterocycles. The first-order valence-corrected chi connectivity index (χ1v) is 9.85. The van der Waals surface area contributed by atoms with E-state index in [2.05, 4.69) is 10.6 Å². The van der Waals surface area contributed by atoms with E-state index in [0.717, 1.165) is 10.4 Å². The lowest BCUT2D eigenvalue weighted by Crippen LogP contribution is -2.24. The second-order valence-corrected chi connectivity index (χ2v) is 7.34. The number of anilines is 1. The molecular formula is C22H20N2O4S. The number of esters is 1. The summed E-state index contributed by atoms with van der Waals surface area (Å²) in [5.41, 5.74) is 1.94. The summed E-state index contributed by atoms with van der Waals surface area (Å²) in [5, 5.41) is 7.63. The summed E-state index contributed by atoms with van der Waals surface area (Å²) in [6.07, 6.45) is 0.373. The normalized spacial score (nSPS) is 10.2. The molecule has 3 rings (SSSR count).